The molecule has 0 saturated carbocycles. The van der Waals surface area contributed by atoms with E-state index in [-0.39, 0.29) is 5.91 Å². The van der Waals surface area contributed by atoms with Gasteiger partial charge in [0, 0.05) is 4.90 Å². The Kier molecular flexibility index (Phi) is 5.33. The quantitative estimate of drug-likeness (QED) is 0.816. The summed E-state index contributed by atoms with van der Waals surface area (Å²) in [5.41, 5.74) is 3.68. The summed E-state index contributed by atoms with van der Waals surface area (Å²) in [5.74, 6) is 0.361. The average Bonchev–Trinajstić information content (AvgIpc) is 2.76. The van der Waals surface area contributed by atoms with Gasteiger partial charge in [0.05, 0.1) is 17.1 Å². The van der Waals surface area contributed by atoms with Crippen LogP contribution in [0.1, 0.15) is 27.0 Å². The van der Waals surface area contributed by atoms with Gasteiger partial charge < -0.3 is 10.1 Å². The highest BCUT2D eigenvalue weighted by molar-refractivity contribution is 7.97. The summed E-state index contributed by atoms with van der Waals surface area (Å²) in [6.07, 6.45) is 0.719. The van der Waals surface area contributed by atoms with Crippen LogP contribution in [0.4, 0.5) is 0 Å². The van der Waals surface area contributed by atoms with Gasteiger partial charge in [-0.1, -0.05) is 23.7 Å². The van der Waals surface area contributed by atoms with Crippen LogP contribution in [0, 0.1) is 6.92 Å². The van der Waals surface area contributed by atoms with E-state index >= 15 is 0 Å². The average molecular weight is 363 g/mol. The van der Waals surface area contributed by atoms with Crippen molar-refractivity contribution in [1.82, 2.24) is 10.0 Å². The van der Waals surface area contributed by atoms with Gasteiger partial charge in [-0.15, -0.1) is 0 Å². The van der Waals surface area contributed by atoms with Crippen molar-refractivity contribution in [3.8, 4) is 5.75 Å². The number of carbonyl (C=O) groups is 1. The fourth-order valence-electron chi connectivity index (χ4n) is 2.70. The molecule has 2 aromatic rings. The second-order valence-electron chi connectivity index (χ2n) is 5.58. The lowest BCUT2D eigenvalue weighted by Gasteiger charge is -2.15. The monoisotopic (exact) mass is 362 g/mol. The predicted molar refractivity (Wildman–Crippen MR) is 98.2 cm³/mol. The van der Waals surface area contributed by atoms with Crippen molar-refractivity contribution in [1.29, 1.82) is 0 Å². The molecule has 4 nitrogen and oxygen atoms in total. The van der Waals surface area contributed by atoms with Gasteiger partial charge in [-0.2, -0.15) is 0 Å². The van der Waals surface area contributed by atoms with Crippen molar-refractivity contribution in [3.05, 3.63) is 57.6 Å². The Hall–Kier alpha value is -1.69. The van der Waals surface area contributed by atoms with E-state index in [0.717, 1.165) is 22.4 Å². The molecule has 3 rings (SSSR count). The number of benzene rings is 2. The molecule has 2 N–H and O–H groups in total. The minimum absolute atomic E-state index is 0.133. The summed E-state index contributed by atoms with van der Waals surface area (Å²) in [5, 5.41) is 3.36. The summed E-state index contributed by atoms with van der Waals surface area (Å²) in [6.45, 7) is 2.89. The normalized spacial score (nSPS) is 13.7. The van der Waals surface area contributed by atoms with Crippen molar-refractivity contribution < 1.29 is 9.53 Å². The van der Waals surface area contributed by atoms with E-state index in [1.165, 1.54) is 5.56 Å². The molecule has 126 valence electrons. The molecular weight excluding hydrogens is 344 g/mol. The fraction of sp³-hybridized carbons (Fsp3) is 0.278. The molecule has 0 saturated heterocycles. The van der Waals surface area contributed by atoms with Gasteiger partial charge in [0.25, 0.3) is 5.91 Å². The molecule has 0 atom stereocenters. The van der Waals surface area contributed by atoms with Gasteiger partial charge in [-0.3, -0.25) is 9.52 Å². The van der Waals surface area contributed by atoms with E-state index < -0.39 is 0 Å². The smallest absolute Gasteiger partial charge is 0.255 e. The van der Waals surface area contributed by atoms with Crippen molar-refractivity contribution >= 4 is 29.5 Å². The molecule has 0 bridgehead atoms. The minimum atomic E-state index is -0.133. The van der Waals surface area contributed by atoms with Crippen LogP contribution in [0.25, 0.3) is 0 Å². The molecule has 0 aliphatic carbocycles. The molecule has 1 aliphatic heterocycles. The standard InChI is InChI=1S/C18H19ClN2O2S/c1-11-13(9-12-3-5-14(6-4-12)24-20-2)10-15-17(16(11)19)23-8-7-21-18(15)22/h3-6,10,20H,7-9H2,1-2H3,(H,21,22). The van der Waals surface area contributed by atoms with Crippen LogP contribution in [-0.4, -0.2) is 26.1 Å². The van der Waals surface area contributed by atoms with E-state index in [0.29, 0.717) is 29.5 Å². The molecule has 6 heteroatoms. The number of carbonyl (C=O) groups excluding carboxylic acids is 1. The third kappa shape index (κ3) is 3.53. The van der Waals surface area contributed by atoms with Gasteiger partial charge in [-0.05, 0) is 67.2 Å². The molecule has 0 spiro atoms. The second kappa shape index (κ2) is 7.47. The van der Waals surface area contributed by atoms with Crippen molar-refractivity contribution in [2.45, 2.75) is 18.2 Å². The number of rotatable bonds is 4. The highest BCUT2D eigenvalue weighted by Crippen LogP contribution is 2.36. The van der Waals surface area contributed by atoms with Gasteiger partial charge in [-0.25, -0.2) is 0 Å². The maximum absolute atomic E-state index is 12.2. The molecule has 0 aromatic heterocycles. The Bertz CT molecular complexity index is 763. The highest BCUT2D eigenvalue weighted by atomic mass is 35.5. The molecule has 0 fully saturated rings. The zero-order chi connectivity index (χ0) is 17.1. The van der Waals surface area contributed by atoms with Crippen molar-refractivity contribution in [2.24, 2.45) is 0 Å². The number of fused-ring (bicyclic) bond motifs is 1. The Morgan fingerprint density at radius 2 is 2.08 bits per heavy atom. The predicted octanol–water partition coefficient (Wildman–Crippen LogP) is 3.59. The number of ether oxygens (including phenoxy) is 1. The van der Waals surface area contributed by atoms with Crippen LogP contribution in [0.3, 0.4) is 0 Å². The summed E-state index contributed by atoms with van der Waals surface area (Å²) in [7, 11) is 1.90. The first-order valence-electron chi connectivity index (χ1n) is 7.75. The zero-order valence-electron chi connectivity index (χ0n) is 13.6. The van der Waals surface area contributed by atoms with Crippen molar-refractivity contribution in [2.75, 3.05) is 20.2 Å². The van der Waals surface area contributed by atoms with Gasteiger partial charge in [0.1, 0.15) is 6.61 Å². The van der Waals surface area contributed by atoms with E-state index in [1.54, 1.807) is 11.9 Å². The fourth-order valence-corrected chi connectivity index (χ4v) is 3.48. The molecule has 2 aromatic carbocycles. The molecule has 0 radical (unpaired) electrons. The third-order valence-electron chi connectivity index (χ3n) is 3.99. The Morgan fingerprint density at radius 1 is 1.33 bits per heavy atom. The lowest BCUT2D eigenvalue weighted by molar-refractivity contribution is 0.0957. The van der Waals surface area contributed by atoms with Crippen LogP contribution >= 0.6 is 23.5 Å². The van der Waals surface area contributed by atoms with Gasteiger partial charge in [0.2, 0.25) is 0 Å². The lowest BCUT2D eigenvalue weighted by atomic mass is 9.97. The van der Waals surface area contributed by atoms with E-state index in [2.05, 4.69) is 34.3 Å². The molecule has 1 heterocycles. The summed E-state index contributed by atoms with van der Waals surface area (Å²) in [6, 6.07) is 10.2. The lowest BCUT2D eigenvalue weighted by Crippen LogP contribution is -2.24. The largest absolute Gasteiger partial charge is 0.489 e. The van der Waals surface area contributed by atoms with Crippen molar-refractivity contribution in [3.63, 3.8) is 0 Å². The Morgan fingerprint density at radius 3 is 2.79 bits per heavy atom. The molecule has 1 aliphatic rings. The van der Waals surface area contributed by atoms with Crippen LogP contribution in [0.15, 0.2) is 35.2 Å². The summed E-state index contributed by atoms with van der Waals surface area (Å²) >= 11 is 8.05. The second-order valence-corrected chi connectivity index (χ2v) is 7.04. The first-order valence-corrected chi connectivity index (χ1v) is 8.95. The number of nitrogens with one attached hydrogen (secondary N) is 2. The molecule has 0 unspecified atom stereocenters. The molecule has 24 heavy (non-hydrogen) atoms. The van der Waals surface area contributed by atoms with Crippen LogP contribution < -0.4 is 14.8 Å². The van der Waals surface area contributed by atoms with E-state index in [9.17, 15) is 4.79 Å². The molecule has 1 amide bonds. The number of hydrogen-bond acceptors (Lipinski definition) is 4. The first-order chi connectivity index (χ1) is 11.6. The minimum Gasteiger partial charge on any atom is -0.489 e. The molecular formula is C18H19ClN2O2S. The Balaban J connectivity index is 1.93. The SMILES string of the molecule is CNSc1ccc(Cc2cc3c(c(Cl)c2C)OCCNC3=O)cc1. The Labute approximate surface area is 151 Å². The summed E-state index contributed by atoms with van der Waals surface area (Å²) < 4.78 is 8.71. The van der Waals surface area contributed by atoms with Crippen LogP contribution in [0.2, 0.25) is 5.02 Å². The number of hydrogen-bond donors (Lipinski definition) is 2. The van der Waals surface area contributed by atoms with Gasteiger partial charge in [0.15, 0.2) is 5.75 Å². The zero-order valence-corrected chi connectivity index (χ0v) is 15.2. The maximum atomic E-state index is 12.2. The first kappa shape index (κ1) is 17.1. The van der Waals surface area contributed by atoms with Crippen LogP contribution in [0.5, 0.6) is 5.75 Å². The number of halogens is 1. The summed E-state index contributed by atoms with van der Waals surface area (Å²) in [4.78, 5) is 13.4. The van der Waals surface area contributed by atoms with E-state index in [1.807, 2.05) is 20.0 Å². The van der Waals surface area contributed by atoms with Crippen LogP contribution in [-0.2, 0) is 6.42 Å². The maximum Gasteiger partial charge on any atom is 0.255 e. The van der Waals surface area contributed by atoms with Gasteiger partial charge >= 0.3 is 0 Å². The topological polar surface area (TPSA) is 50.4 Å². The highest BCUT2D eigenvalue weighted by Gasteiger charge is 2.22. The third-order valence-corrected chi connectivity index (χ3v) is 5.16. The van der Waals surface area contributed by atoms with E-state index in [4.69, 9.17) is 16.3 Å². The number of amides is 1.